The number of carbonyl (C=O) groups is 1. The number of benzene rings is 2. The second-order valence-electron chi connectivity index (χ2n) is 8.61. The Kier molecular flexibility index (Phi) is 5.21. The van der Waals surface area contributed by atoms with Gasteiger partial charge in [-0.25, -0.2) is 4.79 Å². The van der Waals surface area contributed by atoms with Crippen LogP contribution in [0.5, 0.6) is 0 Å². The van der Waals surface area contributed by atoms with E-state index < -0.39 is 5.97 Å². The number of nitrogens with one attached hydrogen (secondary N) is 1. The molecule has 2 fully saturated rings. The first-order chi connectivity index (χ1) is 14.7. The summed E-state index contributed by atoms with van der Waals surface area (Å²) in [5.41, 5.74) is 4.69. The van der Waals surface area contributed by atoms with Crippen molar-refractivity contribution in [3.05, 3.63) is 65.4 Å². The molecule has 0 bridgehead atoms. The van der Waals surface area contributed by atoms with Crippen LogP contribution in [0.25, 0.3) is 10.9 Å². The van der Waals surface area contributed by atoms with E-state index in [2.05, 4.69) is 40.5 Å². The van der Waals surface area contributed by atoms with Gasteiger partial charge in [0, 0.05) is 54.4 Å². The zero-order valence-corrected chi connectivity index (χ0v) is 17.3. The highest BCUT2D eigenvalue weighted by atomic mass is 16.4. The minimum absolute atomic E-state index is 0.412. The number of nitrogens with zero attached hydrogens (tertiary/aromatic N) is 2. The van der Waals surface area contributed by atoms with E-state index in [9.17, 15) is 9.90 Å². The Balaban J connectivity index is 1.52. The molecule has 0 spiro atoms. The molecule has 1 saturated heterocycles. The third-order valence-corrected chi connectivity index (χ3v) is 6.67. The Bertz CT molecular complexity index is 1060. The zero-order chi connectivity index (χ0) is 20.5. The van der Waals surface area contributed by atoms with Crippen LogP contribution in [-0.2, 0) is 13.1 Å². The molecule has 5 heteroatoms. The number of carboxylic acid groups (broad SMARTS) is 1. The van der Waals surface area contributed by atoms with Crippen LogP contribution in [-0.4, -0.2) is 34.8 Å². The smallest absolute Gasteiger partial charge is 0.352 e. The number of para-hydroxylation sites is 1. The lowest BCUT2D eigenvalue weighted by Crippen LogP contribution is -2.34. The number of anilines is 1. The fourth-order valence-corrected chi connectivity index (χ4v) is 4.83. The SMILES string of the molecule is O=C(O)c1c(CNC2CCC2)c2ccccc2n1Cc1cccc(N2CCCC2)c1. The average Bonchev–Trinajstić information content (AvgIpc) is 3.35. The lowest BCUT2D eigenvalue weighted by molar-refractivity contribution is 0.0684. The number of aromatic nitrogens is 1. The summed E-state index contributed by atoms with van der Waals surface area (Å²) in [5.74, 6) is -0.854. The van der Waals surface area contributed by atoms with E-state index in [1.165, 1.54) is 37.8 Å². The summed E-state index contributed by atoms with van der Waals surface area (Å²) in [6, 6.07) is 17.2. The summed E-state index contributed by atoms with van der Waals surface area (Å²) >= 11 is 0. The molecule has 156 valence electrons. The third-order valence-electron chi connectivity index (χ3n) is 6.67. The Hall–Kier alpha value is -2.79. The van der Waals surface area contributed by atoms with E-state index in [1.54, 1.807) is 0 Å². The molecule has 2 aliphatic rings. The molecule has 2 heterocycles. The van der Waals surface area contributed by atoms with Gasteiger partial charge in [-0.3, -0.25) is 0 Å². The monoisotopic (exact) mass is 403 g/mol. The summed E-state index contributed by atoms with van der Waals surface area (Å²) in [6.07, 6.45) is 6.12. The number of aromatic carboxylic acids is 1. The van der Waals surface area contributed by atoms with E-state index in [0.29, 0.717) is 24.8 Å². The summed E-state index contributed by atoms with van der Waals surface area (Å²) in [5, 5.41) is 14.7. The molecule has 1 aromatic heterocycles. The van der Waals surface area contributed by atoms with Gasteiger partial charge in [0.1, 0.15) is 5.69 Å². The molecule has 5 rings (SSSR count). The standard InChI is InChI=1S/C25H29N3O2/c29-25(30)24-22(16-26-19-8-6-9-19)21-11-1-2-12-23(21)28(24)17-18-7-5-10-20(15-18)27-13-3-4-14-27/h1-2,5,7,10-12,15,19,26H,3-4,6,8-9,13-14,16-17H2,(H,29,30). The molecule has 1 aliphatic heterocycles. The van der Waals surface area contributed by atoms with Crippen LogP contribution >= 0.6 is 0 Å². The van der Waals surface area contributed by atoms with Crippen molar-refractivity contribution in [3.63, 3.8) is 0 Å². The molecular formula is C25H29N3O2. The van der Waals surface area contributed by atoms with Gasteiger partial charge in [0.25, 0.3) is 0 Å². The van der Waals surface area contributed by atoms with E-state index >= 15 is 0 Å². The van der Waals surface area contributed by atoms with Crippen LogP contribution in [0.3, 0.4) is 0 Å². The molecule has 2 N–H and O–H groups in total. The molecule has 30 heavy (non-hydrogen) atoms. The number of carboxylic acids is 1. The molecular weight excluding hydrogens is 374 g/mol. The maximum Gasteiger partial charge on any atom is 0.352 e. The molecule has 0 amide bonds. The molecule has 2 aromatic carbocycles. The van der Waals surface area contributed by atoms with Gasteiger partial charge < -0.3 is 19.9 Å². The Morgan fingerprint density at radius 3 is 2.57 bits per heavy atom. The molecule has 0 radical (unpaired) electrons. The van der Waals surface area contributed by atoms with Gasteiger partial charge in [-0.15, -0.1) is 0 Å². The first kappa shape index (κ1) is 19.2. The lowest BCUT2D eigenvalue weighted by atomic mass is 9.93. The molecule has 5 nitrogen and oxygen atoms in total. The third kappa shape index (κ3) is 3.58. The van der Waals surface area contributed by atoms with Crippen molar-refractivity contribution in [2.45, 2.75) is 51.2 Å². The number of rotatable bonds is 7. The van der Waals surface area contributed by atoms with Crippen LogP contribution in [0.2, 0.25) is 0 Å². The van der Waals surface area contributed by atoms with Gasteiger partial charge in [-0.05, 0) is 49.4 Å². The van der Waals surface area contributed by atoms with Gasteiger partial charge in [-0.1, -0.05) is 36.8 Å². The average molecular weight is 404 g/mol. The highest BCUT2D eigenvalue weighted by Crippen LogP contribution is 2.29. The van der Waals surface area contributed by atoms with Gasteiger partial charge in [0.05, 0.1) is 0 Å². The Morgan fingerprint density at radius 1 is 1.03 bits per heavy atom. The number of hydrogen-bond acceptors (Lipinski definition) is 3. The van der Waals surface area contributed by atoms with Crippen LogP contribution in [0.1, 0.15) is 53.7 Å². The predicted molar refractivity (Wildman–Crippen MR) is 120 cm³/mol. The lowest BCUT2D eigenvalue weighted by Gasteiger charge is -2.26. The Labute approximate surface area is 177 Å². The fraction of sp³-hybridized carbons (Fsp3) is 0.400. The van der Waals surface area contributed by atoms with Crippen molar-refractivity contribution < 1.29 is 9.90 Å². The van der Waals surface area contributed by atoms with Gasteiger partial charge in [-0.2, -0.15) is 0 Å². The van der Waals surface area contributed by atoms with Crippen molar-refractivity contribution in [2.24, 2.45) is 0 Å². The second kappa shape index (κ2) is 8.15. The molecule has 1 aliphatic carbocycles. The van der Waals surface area contributed by atoms with E-state index in [0.717, 1.165) is 35.1 Å². The first-order valence-corrected chi connectivity index (χ1v) is 11.1. The maximum atomic E-state index is 12.3. The topological polar surface area (TPSA) is 57.5 Å². The summed E-state index contributed by atoms with van der Waals surface area (Å²) in [6.45, 7) is 3.38. The number of hydrogen-bond donors (Lipinski definition) is 2. The van der Waals surface area contributed by atoms with Gasteiger partial charge in [0.2, 0.25) is 0 Å². The van der Waals surface area contributed by atoms with Crippen molar-refractivity contribution in [3.8, 4) is 0 Å². The number of fused-ring (bicyclic) bond motifs is 1. The van der Waals surface area contributed by atoms with E-state index in [1.807, 2.05) is 22.8 Å². The maximum absolute atomic E-state index is 12.3. The van der Waals surface area contributed by atoms with Gasteiger partial charge >= 0.3 is 5.97 Å². The molecule has 1 saturated carbocycles. The second-order valence-corrected chi connectivity index (χ2v) is 8.61. The van der Waals surface area contributed by atoms with Crippen LogP contribution in [0.15, 0.2) is 48.5 Å². The summed E-state index contributed by atoms with van der Waals surface area (Å²) < 4.78 is 1.98. The minimum Gasteiger partial charge on any atom is -0.477 e. The molecule has 0 atom stereocenters. The molecule has 3 aromatic rings. The normalized spacial score (nSPS) is 16.9. The fourth-order valence-electron chi connectivity index (χ4n) is 4.83. The van der Waals surface area contributed by atoms with Crippen LogP contribution in [0.4, 0.5) is 5.69 Å². The predicted octanol–water partition coefficient (Wildman–Crippen LogP) is 4.63. The zero-order valence-electron chi connectivity index (χ0n) is 17.3. The summed E-state index contributed by atoms with van der Waals surface area (Å²) in [7, 11) is 0. The van der Waals surface area contributed by atoms with E-state index in [-0.39, 0.29) is 0 Å². The quantitative estimate of drug-likeness (QED) is 0.604. The summed E-state index contributed by atoms with van der Waals surface area (Å²) in [4.78, 5) is 14.8. The van der Waals surface area contributed by atoms with Crippen LogP contribution < -0.4 is 10.2 Å². The van der Waals surface area contributed by atoms with Gasteiger partial charge in [0.15, 0.2) is 0 Å². The highest BCUT2D eigenvalue weighted by molar-refractivity contribution is 5.98. The largest absolute Gasteiger partial charge is 0.477 e. The Morgan fingerprint density at radius 2 is 1.83 bits per heavy atom. The van der Waals surface area contributed by atoms with Crippen molar-refractivity contribution >= 4 is 22.6 Å². The van der Waals surface area contributed by atoms with Crippen molar-refractivity contribution in [1.29, 1.82) is 0 Å². The van der Waals surface area contributed by atoms with Crippen molar-refractivity contribution in [1.82, 2.24) is 9.88 Å². The van der Waals surface area contributed by atoms with Crippen molar-refractivity contribution in [2.75, 3.05) is 18.0 Å². The highest BCUT2D eigenvalue weighted by Gasteiger charge is 2.24. The minimum atomic E-state index is -0.854. The molecule has 0 unspecified atom stereocenters. The van der Waals surface area contributed by atoms with E-state index in [4.69, 9.17) is 0 Å². The van der Waals surface area contributed by atoms with Crippen LogP contribution in [0, 0.1) is 0 Å². The first-order valence-electron chi connectivity index (χ1n) is 11.1.